The van der Waals surface area contributed by atoms with E-state index in [2.05, 4.69) is 0 Å². The van der Waals surface area contributed by atoms with Crippen LogP contribution in [0.2, 0.25) is 0 Å². The average Bonchev–Trinajstić information content (AvgIpc) is 2.66. The zero-order valence-electron chi connectivity index (χ0n) is 15.2. The fourth-order valence-electron chi connectivity index (χ4n) is 2.36. The smallest absolute Gasteiger partial charge is 0.318 e. The molecule has 0 spiro atoms. The number of sulfonamides is 1. The molecule has 1 amide bonds. The highest BCUT2D eigenvalue weighted by molar-refractivity contribution is 7.93. The number of nitrogens with one attached hydrogen (secondary N) is 1. The maximum absolute atomic E-state index is 13.1. The molecule has 1 atom stereocenters. The molecule has 0 aliphatic heterocycles. The fourth-order valence-corrected chi connectivity index (χ4v) is 3.19. The molecular weight excluding hydrogens is 385 g/mol. The van der Waals surface area contributed by atoms with Gasteiger partial charge in [0.15, 0.2) is 0 Å². The van der Waals surface area contributed by atoms with Crippen molar-refractivity contribution in [3.05, 3.63) is 76.9 Å². The first-order valence-electron chi connectivity index (χ1n) is 8.51. The molecule has 8 heteroatoms. The Labute approximate surface area is 163 Å². The number of amides is 1. The van der Waals surface area contributed by atoms with Crippen LogP contribution in [0.15, 0.2) is 60.0 Å². The molecule has 2 rings (SSSR count). The van der Waals surface area contributed by atoms with Gasteiger partial charge in [0.25, 0.3) is 10.0 Å². The second-order valence-corrected chi connectivity index (χ2v) is 7.43. The quantitative estimate of drug-likeness (QED) is 0.539. The van der Waals surface area contributed by atoms with Crippen molar-refractivity contribution < 1.29 is 27.1 Å². The molecule has 148 valence electrons. The van der Waals surface area contributed by atoms with E-state index >= 15 is 0 Å². The second kappa shape index (κ2) is 9.80. The Hall–Kier alpha value is -3.00. The average molecular weight is 405 g/mol. The van der Waals surface area contributed by atoms with Crippen LogP contribution in [0.1, 0.15) is 18.1 Å². The fraction of sp³-hybridized carbons (Fsp3) is 0.200. The van der Waals surface area contributed by atoms with Gasteiger partial charge in [0.05, 0.1) is 12.0 Å². The lowest BCUT2D eigenvalue weighted by atomic mass is 9.99. The molecule has 0 heterocycles. The number of hydrogen-bond acceptors (Lipinski definition) is 5. The lowest BCUT2D eigenvalue weighted by Gasteiger charge is -2.15. The van der Waals surface area contributed by atoms with Gasteiger partial charge in [-0.1, -0.05) is 42.5 Å². The van der Waals surface area contributed by atoms with E-state index in [0.717, 1.165) is 5.41 Å². The maximum atomic E-state index is 13.1. The van der Waals surface area contributed by atoms with Crippen molar-refractivity contribution in [2.24, 2.45) is 5.92 Å². The summed E-state index contributed by atoms with van der Waals surface area (Å²) >= 11 is 0. The molecule has 0 aromatic heterocycles. The standard InChI is InChI=1S/C20H20FNO5S/c1-2-27-20(24)18(14-16-8-10-17(21)11-9-16)19(23)22-28(25,26)13-12-15-6-4-3-5-7-15/h3-13,18H,2,14H2,1H3,(H,22,23). The van der Waals surface area contributed by atoms with Crippen LogP contribution in [-0.4, -0.2) is 26.9 Å². The number of ether oxygens (including phenoxy) is 1. The highest BCUT2D eigenvalue weighted by atomic mass is 32.2. The first-order chi connectivity index (χ1) is 13.3. The second-order valence-electron chi connectivity index (χ2n) is 5.86. The van der Waals surface area contributed by atoms with Gasteiger partial charge >= 0.3 is 5.97 Å². The Morgan fingerprint density at radius 2 is 1.75 bits per heavy atom. The van der Waals surface area contributed by atoms with Crippen molar-refractivity contribution in [2.75, 3.05) is 6.61 Å². The van der Waals surface area contributed by atoms with E-state index in [0.29, 0.717) is 11.1 Å². The zero-order valence-corrected chi connectivity index (χ0v) is 16.0. The Bertz CT molecular complexity index is 940. The SMILES string of the molecule is CCOC(=O)C(Cc1ccc(F)cc1)C(=O)NS(=O)(=O)C=Cc1ccccc1. The highest BCUT2D eigenvalue weighted by Crippen LogP contribution is 2.13. The first kappa shape index (κ1) is 21.3. The van der Waals surface area contributed by atoms with E-state index in [4.69, 9.17) is 4.74 Å². The van der Waals surface area contributed by atoms with Gasteiger partial charge in [0, 0.05) is 0 Å². The number of carbonyl (C=O) groups is 2. The third-order valence-corrected chi connectivity index (χ3v) is 4.70. The van der Waals surface area contributed by atoms with Crippen molar-refractivity contribution >= 4 is 28.0 Å². The molecule has 28 heavy (non-hydrogen) atoms. The first-order valence-corrected chi connectivity index (χ1v) is 10.1. The highest BCUT2D eigenvalue weighted by Gasteiger charge is 2.30. The Balaban J connectivity index is 2.15. The van der Waals surface area contributed by atoms with Gasteiger partial charge in [-0.2, -0.15) is 0 Å². The summed E-state index contributed by atoms with van der Waals surface area (Å²) in [6, 6.07) is 13.9. The van der Waals surface area contributed by atoms with Gasteiger partial charge < -0.3 is 4.74 Å². The summed E-state index contributed by atoms with van der Waals surface area (Å²) in [5.41, 5.74) is 1.13. The van der Waals surface area contributed by atoms with Crippen molar-refractivity contribution in [1.82, 2.24) is 4.72 Å². The maximum Gasteiger partial charge on any atom is 0.318 e. The summed E-state index contributed by atoms with van der Waals surface area (Å²) in [6.45, 7) is 1.61. The minimum atomic E-state index is -4.12. The molecule has 0 bridgehead atoms. The molecule has 6 nitrogen and oxygen atoms in total. The summed E-state index contributed by atoms with van der Waals surface area (Å²) in [5, 5.41) is 0.848. The third-order valence-electron chi connectivity index (χ3n) is 3.72. The minimum Gasteiger partial charge on any atom is -0.465 e. The molecule has 1 N–H and O–H groups in total. The molecule has 2 aromatic rings. The Kier molecular flexibility index (Phi) is 7.45. The van der Waals surface area contributed by atoms with E-state index < -0.39 is 33.6 Å². The molecule has 0 radical (unpaired) electrons. The molecule has 0 saturated carbocycles. The van der Waals surface area contributed by atoms with Crippen molar-refractivity contribution in [1.29, 1.82) is 0 Å². The third kappa shape index (κ3) is 6.62. The summed E-state index contributed by atoms with van der Waals surface area (Å²) in [4.78, 5) is 24.6. The zero-order chi connectivity index (χ0) is 20.6. The molecular formula is C20H20FNO5S. The van der Waals surface area contributed by atoms with E-state index in [-0.39, 0.29) is 13.0 Å². The molecule has 0 fully saturated rings. The van der Waals surface area contributed by atoms with Crippen LogP contribution >= 0.6 is 0 Å². The summed E-state index contributed by atoms with van der Waals surface area (Å²) in [5.74, 6) is -3.72. The van der Waals surface area contributed by atoms with Crippen LogP contribution in [-0.2, 0) is 30.8 Å². The van der Waals surface area contributed by atoms with Crippen LogP contribution in [0, 0.1) is 11.7 Å². The van der Waals surface area contributed by atoms with Gasteiger partial charge in [-0.25, -0.2) is 17.5 Å². The minimum absolute atomic E-state index is 0.0344. The van der Waals surface area contributed by atoms with Crippen LogP contribution in [0.3, 0.4) is 0 Å². The number of esters is 1. The lowest BCUT2D eigenvalue weighted by Crippen LogP contribution is -2.40. The summed E-state index contributed by atoms with van der Waals surface area (Å²) < 4.78 is 44.2. The predicted octanol–water partition coefficient (Wildman–Crippen LogP) is 2.66. The van der Waals surface area contributed by atoms with Gasteiger partial charge in [0.2, 0.25) is 5.91 Å². The molecule has 1 unspecified atom stereocenters. The lowest BCUT2D eigenvalue weighted by molar-refractivity contribution is -0.151. The molecule has 2 aromatic carbocycles. The molecule has 0 aliphatic carbocycles. The van der Waals surface area contributed by atoms with Gasteiger partial charge in [0.1, 0.15) is 11.7 Å². The van der Waals surface area contributed by atoms with Crippen LogP contribution in [0.5, 0.6) is 0 Å². The van der Waals surface area contributed by atoms with E-state index in [1.54, 1.807) is 37.3 Å². The number of hydrogen-bond donors (Lipinski definition) is 1. The Morgan fingerprint density at radius 3 is 2.36 bits per heavy atom. The van der Waals surface area contributed by atoms with Crippen LogP contribution in [0.25, 0.3) is 6.08 Å². The molecule has 0 saturated heterocycles. The monoisotopic (exact) mass is 405 g/mol. The normalized spacial score (nSPS) is 12.5. The summed E-state index contributed by atoms with van der Waals surface area (Å²) in [7, 11) is -4.12. The van der Waals surface area contributed by atoms with Crippen LogP contribution < -0.4 is 4.72 Å². The molecule has 0 aliphatic rings. The number of halogens is 1. The van der Waals surface area contributed by atoms with Gasteiger partial charge in [-0.15, -0.1) is 0 Å². The predicted molar refractivity (Wildman–Crippen MR) is 103 cm³/mol. The number of benzene rings is 2. The van der Waals surface area contributed by atoms with Gasteiger partial charge in [-0.05, 0) is 42.7 Å². The summed E-state index contributed by atoms with van der Waals surface area (Å²) in [6.07, 6.45) is 1.21. The topological polar surface area (TPSA) is 89.5 Å². The number of rotatable bonds is 8. The van der Waals surface area contributed by atoms with Gasteiger partial charge in [-0.3, -0.25) is 9.59 Å². The van der Waals surface area contributed by atoms with E-state index in [9.17, 15) is 22.4 Å². The van der Waals surface area contributed by atoms with E-state index in [1.165, 1.54) is 30.3 Å². The van der Waals surface area contributed by atoms with Crippen molar-refractivity contribution in [3.63, 3.8) is 0 Å². The van der Waals surface area contributed by atoms with E-state index in [1.807, 2.05) is 4.72 Å². The van der Waals surface area contributed by atoms with Crippen molar-refractivity contribution in [3.8, 4) is 0 Å². The van der Waals surface area contributed by atoms with Crippen molar-refractivity contribution in [2.45, 2.75) is 13.3 Å². The van der Waals surface area contributed by atoms with Crippen LogP contribution in [0.4, 0.5) is 4.39 Å². The number of carbonyl (C=O) groups excluding carboxylic acids is 2. The Morgan fingerprint density at radius 1 is 1.11 bits per heavy atom. The largest absolute Gasteiger partial charge is 0.465 e.